The van der Waals surface area contributed by atoms with Crippen molar-refractivity contribution >= 4 is 5.95 Å². The predicted molar refractivity (Wildman–Crippen MR) is 58.9 cm³/mol. The molecule has 0 spiro atoms. The van der Waals surface area contributed by atoms with Crippen LogP contribution in [0.25, 0.3) is 0 Å². The number of aryl methyl sites for hydroxylation is 1. The molecule has 4 heteroatoms. The molecule has 4 nitrogen and oxygen atoms in total. The maximum atomic E-state index is 4.60. The van der Waals surface area contributed by atoms with Gasteiger partial charge in [0.25, 0.3) is 0 Å². The van der Waals surface area contributed by atoms with E-state index in [2.05, 4.69) is 33.9 Å². The van der Waals surface area contributed by atoms with Crippen molar-refractivity contribution in [3.63, 3.8) is 0 Å². The third kappa shape index (κ3) is 1.34. The monoisotopic (exact) mass is 206 g/mol. The Hall–Kier alpha value is -1.06. The molecule has 0 saturated heterocycles. The van der Waals surface area contributed by atoms with E-state index in [1.54, 1.807) is 0 Å². The predicted octanol–water partition coefficient (Wildman–Crippen LogP) is 2.00. The largest absolute Gasteiger partial charge is 0.354 e. The fourth-order valence-electron chi connectivity index (χ4n) is 2.47. The van der Waals surface area contributed by atoms with Gasteiger partial charge in [0.1, 0.15) is 0 Å². The van der Waals surface area contributed by atoms with Gasteiger partial charge in [-0.25, -0.2) is 4.68 Å². The summed E-state index contributed by atoms with van der Waals surface area (Å²) in [6.45, 7) is 5.53. The fraction of sp³-hybridized carbons (Fsp3) is 0.818. The van der Waals surface area contributed by atoms with Crippen molar-refractivity contribution in [2.24, 2.45) is 5.41 Å². The van der Waals surface area contributed by atoms with E-state index in [4.69, 9.17) is 0 Å². The standard InChI is InChI=1S/C11H18N4/c1-3-9-13-10-12-7-4-8(15(10)14-9)11(2)5-6-11/h8H,3-7H2,1-2H3,(H,12,13,14). The average Bonchev–Trinajstić information content (AvgIpc) is 2.85. The summed E-state index contributed by atoms with van der Waals surface area (Å²) in [4.78, 5) is 4.50. The van der Waals surface area contributed by atoms with Gasteiger partial charge < -0.3 is 5.32 Å². The highest BCUT2D eigenvalue weighted by molar-refractivity contribution is 5.29. The van der Waals surface area contributed by atoms with Crippen LogP contribution in [0.4, 0.5) is 5.95 Å². The molecule has 1 aliphatic heterocycles. The summed E-state index contributed by atoms with van der Waals surface area (Å²) < 4.78 is 2.13. The molecule has 1 unspecified atom stereocenters. The molecule has 1 aliphatic carbocycles. The van der Waals surface area contributed by atoms with Gasteiger partial charge in [-0.2, -0.15) is 10.1 Å². The zero-order valence-electron chi connectivity index (χ0n) is 9.45. The summed E-state index contributed by atoms with van der Waals surface area (Å²) >= 11 is 0. The van der Waals surface area contributed by atoms with Crippen LogP contribution < -0.4 is 5.32 Å². The molecule has 0 amide bonds. The van der Waals surface area contributed by atoms with Crippen molar-refractivity contribution in [2.75, 3.05) is 11.9 Å². The molecule has 2 aliphatic rings. The van der Waals surface area contributed by atoms with E-state index in [0.717, 1.165) is 24.7 Å². The first kappa shape index (κ1) is 9.19. The van der Waals surface area contributed by atoms with Gasteiger partial charge in [0.15, 0.2) is 5.82 Å². The molecular weight excluding hydrogens is 188 g/mol. The number of aromatic nitrogens is 3. The summed E-state index contributed by atoms with van der Waals surface area (Å²) in [7, 11) is 0. The molecule has 15 heavy (non-hydrogen) atoms. The van der Waals surface area contributed by atoms with Crippen molar-refractivity contribution < 1.29 is 0 Å². The van der Waals surface area contributed by atoms with Crippen LogP contribution in [0, 0.1) is 5.41 Å². The second kappa shape index (κ2) is 2.97. The maximum absolute atomic E-state index is 4.60. The van der Waals surface area contributed by atoms with Crippen molar-refractivity contribution in [3.05, 3.63) is 5.82 Å². The fourth-order valence-corrected chi connectivity index (χ4v) is 2.47. The van der Waals surface area contributed by atoms with Gasteiger partial charge >= 0.3 is 0 Å². The topological polar surface area (TPSA) is 42.7 Å². The van der Waals surface area contributed by atoms with E-state index in [9.17, 15) is 0 Å². The van der Waals surface area contributed by atoms with Crippen LogP contribution in [0.5, 0.6) is 0 Å². The van der Waals surface area contributed by atoms with E-state index in [-0.39, 0.29) is 0 Å². The maximum Gasteiger partial charge on any atom is 0.221 e. The Morgan fingerprint density at radius 3 is 3.00 bits per heavy atom. The highest BCUT2D eigenvalue weighted by atomic mass is 15.4. The zero-order chi connectivity index (χ0) is 10.5. The van der Waals surface area contributed by atoms with Crippen LogP contribution in [0.1, 0.15) is 45.0 Å². The molecule has 1 fully saturated rings. The molecule has 3 rings (SSSR count). The first-order chi connectivity index (χ1) is 7.23. The number of anilines is 1. The van der Waals surface area contributed by atoms with Gasteiger partial charge in [0.05, 0.1) is 6.04 Å². The lowest BCUT2D eigenvalue weighted by Crippen LogP contribution is -2.29. The lowest BCUT2D eigenvalue weighted by Gasteiger charge is -2.29. The van der Waals surface area contributed by atoms with E-state index in [1.807, 2.05) is 0 Å². The van der Waals surface area contributed by atoms with Gasteiger partial charge in [0.2, 0.25) is 5.95 Å². The summed E-state index contributed by atoms with van der Waals surface area (Å²) in [5.74, 6) is 1.95. The Bertz CT molecular complexity index is 378. The van der Waals surface area contributed by atoms with Crippen LogP contribution in [0.2, 0.25) is 0 Å². The Morgan fingerprint density at radius 1 is 1.53 bits per heavy atom. The van der Waals surface area contributed by atoms with Gasteiger partial charge in [-0.15, -0.1) is 0 Å². The Kier molecular flexibility index (Phi) is 1.82. The summed E-state index contributed by atoms with van der Waals surface area (Å²) in [6.07, 6.45) is 4.80. The van der Waals surface area contributed by atoms with Gasteiger partial charge in [-0.05, 0) is 24.7 Å². The Labute approximate surface area is 90.1 Å². The molecular formula is C11H18N4. The van der Waals surface area contributed by atoms with Crippen LogP contribution in [-0.2, 0) is 6.42 Å². The average molecular weight is 206 g/mol. The number of fused-ring (bicyclic) bond motifs is 1. The van der Waals surface area contributed by atoms with Crippen LogP contribution >= 0.6 is 0 Å². The highest BCUT2D eigenvalue weighted by Crippen LogP contribution is 2.55. The smallest absolute Gasteiger partial charge is 0.221 e. The van der Waals surface area contributed by atoms with E-state index >= 15 is 0 Å². The van der Waals surface area contributed by atoms with Gasteiger partial charge in [-0.3, -0.25) is 0 Å². The molecule has 0 radical (unpaired) electrons. The van der Waals surface area contributed by atoms with Gasteiger partial charge in [-0.1, -0.05) is 13.8 Å². The summed E-state index contributed by atoms with van der Waals surface area (Å²) in [5.41, 5.74) is 0.496. The lowest BCUT2D eigenvalue weighted by molar-refractivity contribution is 0.283. The number of nitrogens with one attached hydrogen (secondary N) is 1. The Morgan fingerprint density at radius 2 is 2.33 bits per heavy atom. The van der Waals surface area contributed by atoms with Crippen molar-refractivity contribution in [2.45, 2.75) is 45.6 Å². The zero-order valence-corrected chi connectivity index (χ0v) is 9.45. The molecule has 0 aromatic carbocycles. The first-order valence-corrected chi connectivity index (χ1v) is 5.92. The van der Waals surface area contributed by atoms with Crippen molar-refractivity contribution in [1.29, 1.82) is 0 Å². The van der Waals surface area contributed by atoms with E-state index in [1.165, 1.54) is 19.3 Å². The van der Waals surface area contributed by atoms with Crippen LogP contribution in [0.3, 0.4) is 0 Å². The third-order valence-electron chi connectivity index (χ3n) is 3.83. The lowest BCUT2D eigenvalue weighted by atomic mass is 9.95. The minimum atomic E-state index is 0.496. The van der Waals surface area contributed by atoms with Crippen molar-refractivity contribution in [3.8, 4) is 0 Å². The van der Waals surface area contributed by atoms with Crippen LogP contribution in [0.15, 0.2) is 0 Å². The number of nitrogens with zero attached hydrogens (tertiary/aromatic N) is 3. The van der Waals surface area contributed by atoms with Crippen LogP contribution in [-0.4, -0.2) is 21.3 Å². The molecule has 82 valence electrons. The minimum Gasteiger partial charge on any atom is -0.354 e. The number of hydrogen-bond acceptors (Lipinski definition) is 3. The summed E-state index contributed by atoms with van der Waals surface area (Å²) in [5, 5.41) is 7.94. The second-order valence-corrected chi connectivity index (χ2v) is 5.04. The van der Waals surface area contributed by atoms with Gasteiger partial charge in [0, 0.05) is 13.0 Å². The van der Waals surface area contributed by atoms with E-state index < -0.39 is 0 Å². The second-order valence-electron chi connectivity index (χ2n) is 5.04. The van der Waals surface area contributed by atoms with Crippen molar-refractivity contribution in [1.82, 2.24) is 14.8 Å². The molecule has 0 bridgehead atoms. The molecule has 1 aromatic rings. The normalized spacial score (nSPS) is 26.9. The molecule has 2 heterocycles. The SMILES string of the molecule is CCc1nc2n(n1)C(C1(C)CC1)CCN2. The minimum absolute atomic E-state index is 0.496. The quantitative estimate of drug-likeness (QED) is 0.804. The molecule has 1 atom stereocenters. The molecule has 1 N–H and O–H groups in total. The highest BCUT2D eigenvalue weighted by Gasteiger charge is 2.47. The van der Waals surface area contributed by atoms with E-state index in [0.29, 0.717) is 11.5 Å². The number of rotatable bonds is 2. The first-order valence-electron chi connectivity index (χ1n) is 5.92. The Balaban J connectivity index is 1.98. The molecule has 1 aromatic heterocycles. The third-order valence-corrected chi connectivity index (χ3v) is 3.83. The number of hydrogen-bond donors (Lipinski definition) is 1. The molecule has 1 saturated carbocycles. The summed E-state index contributed by atoms with van der Waals surface area (Å²) in [6, 6.07) is 0.571.